The third kappa shape index (κ3) is 4.42. The maximum absolute atomic E-state index is 12.8. The van der Waals surface area contributed by atoms with Gasteiger partial charge in [0.25, 0.3) is 21.8 Å². The molecule has 0 saturated heterocycles. The Balaban J connectivity index is 2.09. The van der Waals surface area contributed by atoms with Gasteiger partial charge in [-0.25, -0.2) is 12.8 Å². The summed E-state index contributed by atoms with van der Waals surface area (Å²) in [4.78, 5) is 28.5. The van der Waals surface area contributed by atoms with Crippen LogP contribution < -0.4 is 10.9 Å². The lowest BCUT2D eigenvalue weighted by atomic mass is 10.2. The van der Waals surface area contributed by atoms with Crippen LogP contribution in [0.15, 0.2) is 53.4 Å². The van der Waals surface area contributed by atoms with Crippen LogP contribution in [0.2, 0.25) is 0 Å². The van der Waals surface area contributed by atoms with Gasteiger partial charge in [-0.1, -0.05) is 10.5 Å². The first kappa shape index (κ1) is 19.5. The van der Waals surface area contributed by atoms with Crippen LogP contribution in [0.1, 0.15) is 20.7 Å². The molecule has 2 aromatic carbocycles. The summed E-state index contributed by atoms with van der Waals surface area (Å²) in [6, 6.07) is 9.94. The second-order valence-electron chi connectivity index (χ2n) is 5.04. The Kier molecular flexibility index (Phi) is 6.03. The highest BCUT2D eigenvalue weighted by Gasteiger charge is 2.22. The molecule has 0 bridgehead atoms. The van der Waals surface area contributed by atoms with E-state index in [-0.39, 0.29) is 16.0 Å². The van der Waals surface area contributed by atoms with E-state index in [2.05, 4.69) is 15.7 Å². The molecule has 0 radical (unpaired) electrons. The SMILES string of the molecule is CON(C)S(=O)(=O)c1cccc(C(=O)NNC(=O)c2ccc(F)cc2)c1. The van der Waals surface area contributed by atoms with Crippen molar-refractivity contribution < 1.29 is 27.2 Å². The van der Waals surface area contributed by atoms with Gasteiger partial charge in [-0.2, -0.15) is 0 Å². The third-order valence-corrected chi connectivity index (χ3v) is 5.06. The predicted molar refractivity (Wildman–Crippen MR) is 89.7 cm³/mol. The first-order valence-corrected chi connectivity index (χ1v) is 8.69. The largest absolute Gasteiger partial charge is 0.288 e. The molecule has 0 aliphatic heterocycles. The number of carbonyl (C=O) groups is 2. The second kappa shape index (κ2) is 8.04. The molecule has 26 heavy (non-hydrogen) atoms. The van der Waals surface area contributed by atoms with Gasteiger partial charge in [-0.3, -0.25) is 25.3 Å². The molecule has 2 amide bonds. The zero-order valence-electron chi connectivity index (χ0n) is 13.9. The molecule has 0 spiro atoms. The van der Waals surface area contributed by atoms with Gasteiger partial charge in [-0.05, 0) is 42.5 Å². The number of hydrogen-bond donors (Lipinski definition) is 2. The minimum Gasteiger partial charge on any atom is -0.288 e. The van der Waals surface area contributed by atoms with E-state index in [0.29, 0.717) is 4.47 Å². The number of carbonyl (C=O) groups excluding carboxylic acids is 2. The van der Waals surface area contributed by atoms with E-state index >= 15 is 0 Å². The molecule has 0 aliphatic rings. The van der Waals surface area contributed by atoms with Crippen molar-refractivity contribution in [3.05, 3.63) is 65.5 Å². The van der Waals surface area contributed by atoms with Crippen molar-refractivity contribution in [3.63, 3.8) is 0 Å². The Hall–Kier alpha value is -2.82. The van der Waals surface area contributed by atoms with Gasteiger partial charge < -0.3 is 0 Å². The number of halogens is 1. The Morgan fingerprint density at radius 2 is 1.58 bits per heavy atom. The monoisotopic (exact) mass is 381 g/mol. The zero-order chi connectivity index (χ0) is 19.3. The molecule has 0 saturated carbocycles. The Morgan fingerprint density at radius 3 is 2.15 bits per heavy atom. The lowest BCUT2D eigenvalue weighted by molar-refractivity contribution is -0.0258. The number of hydroxylamine groups is 1. The van der Waals surface area contributed by atoms with Gasteiger partial charge in [0.1, 0.15) is 5.82 Å². The summed E-state index contributed by atoms with van der Waals surface area (Å²) in [5, 5.41) is 0. The maximum Gasteiger partial charge on any atom is 0.269 e. The first-order valence-electron chi connectivity index (χ1n) is 7.25. The van der Waals surface area contributed by atoms with Crippen LogP contribution >= 0.6 is 0 Å². The number of rotatable bonds is 5. The molecule has 2 aromatic rings. The Bertz CT molecular complexity index is 916. The van der Waals surface area contributed by atoms with Crippen molar-refractivity contribution in [2.45, 2.75) is 4.90 Å². The van der Waals surface area contributed by atoms with E-state index in [4.69, 9.17) is 0 Å². The van der Waals surface area contributed by atoms with Gasteiger partial charge in [-0.15, -0.1) is 0 Å². The van der Waals surface area contributed by atoms with Crippen molar-refractivity contribution in [2.24, 2.45) is 0 Å². The standard InChI is InChI=1S/C16H16FN3O5S/c1-20(25-2)26(23,24)14-5-3-4-12(10-14)16(22)19-18-15(21)11-6-8-13(17)9-7-11/h3-10H,1-2H3,(H,18,21)(H,19,22). The van der Waals surface area contributed by atoms with Gasteiger partial charge in [0, 0.05) is 18.2 Å². The number of benzene rings is 2. The first-order chi connectivity index (χ1) is 12.3. The molecule has 138 valence electrons. The van der Waals surface area contributed by atoms with E-state index < -0.39 is 27.7 Å². The molecular weight excluding hydrogens is 365 g/mol. The van der Waals surface area contributed by atoms with E-state index in [1.54, 1.807) is 0 Å². The fourth-order valence-corrected chi connectivity index (χ4v) is 2.92. The molecule has 0 unspecified atom stereocenters. The summed E-state index contributed by atoms with van der Waals surface area (Å²) >= 11 is 0. The van der Waals surface area contributed by atoms with Crippen LogP contribution in [0.3, 0.4) is 0 Å². The summed E-state index contributed by atoms with van der Waals surface area (Å²) in [5.41, 5.74) is 4.48. The van der Waals surface area contributed by atoms with Gasteiger partial charge in [0.05, 0.1) is 12.0 Å². The van der Waals surface area contributed by atoms with Crippen LogP contribution in [-0.4, -0.2) is 38.9 Å². The summed E-state index contributed by atoms with van der Waals surface area (Å²) in [6.45, 7) is 0. The fraction of sp³-hybridized carbons (Fsp3) is 0.125. The molecule has 0 aliphatic carbocycles. The highest BCUT2D eigenvalue weighted by Crippen LogP contribution is 2.16. The molecule has 2 N–H and O–H groups in total. The van der Waals surface area contributed by atoms with Crippen LogP contribution in [0, 0.1) is 5.82 Å². The highest BCUT2D eigenvalue weighted by molar-refractivity contribution is 7.89. The Morgan fingerprint density at radius 1 is 1.00 bits per heavy atom. The van der Waals surface area contributed by atoms with E-state index in [9.17, 15) is 22.4 Å². The van der Waals surface area contributed by atoms with Crippen molar-refractivity contribution in [3.8, 4) is 0 Å². The molecule has 0 aromatic heterocycles. The van der Waals surface area contributed by atoms with Gasteiger partial charge in [0.2, 0.25) is 0 Å². The van der Waals surface area contributed by atoms with Gasteiger partial charge in [0.15, 0.2) is 0 Å². The number of hydrogen-bond acceptors (Lipinski definition) is 5. The average molecular weight is 381 g/mol. The highest BCUT2D eigenvalue weighted by atomic mass is 32.2. The maximum atomic E-state index is 12.8. The fourth-order valence-electron chi connectivity index (χ4n) is 1.90. The van der Waals surface area contributed by atoms with E-state index in [1.807, 2.05) is 0 Å². The molecule has 2 rings (SSSR count). The van der Waals surface area contributed by atoms with Crippen molar-refractivity contribution in [1.29, 1.82) is 0 Å². The number of hydrazine groups is 1. The number of sulfonamides is 1. The molecule has 8 nitrogen and oxygen atoms in total. The minimum absolute atomic E-state index is 0.00924. The van der Waals surface area contributed by atoms with Crippen LogP contribution in [-0.2, 0) is 14.9 Å². The molecule has 0 atom stereocenters. The van der Waals surface area contributed by atoms with Crippen molar-refractivity contribution >= 4 is 21.8 Å². The second-order valence-corrected chi connectivity index (χ2v) is 6.98. The lowest BCUT2D eigenvalue weighted by Crippen LogP contribution is -2.41. The van der Waals surface area contributed by atoms with Crippen LogP contribution in [0.4, 0.5) is 4.39 Å². The topological polar surface area (TPSA) is 105 Å². The van der Waals surface area contributed by atoms with Crippen LogP contribution in [0.5, 0.6) is 0 Å². The van der Waals surface area contributed by atoms with Crippen LogP contribution in [0.25, 0.3) is 0 Å². The average Bonchev–Trinajstić information content (AvgIpc) is 2.65. The van der Waals surface area contributed by atoms with Gasteiger partial charge >= 0.3 is 0 Å². The van der Waals surface area contributed by atoms with E-state index in [1.165, 1.54) is 44.5 Å². The molecule has 0 heterocycles. The molecular formula is C16H16FN3O5S. The quantitative estimate of drug-likeness (QED) is 0.754. The normalized spacial score (nSPS) is 11.2. The van der Waals surface area contributed by atoms with Crippen molar-refractivity contribution in [2.75, 3.05) is 14.2 Å². The third-order valence-electron chi connectivity index (χ3n) is 3.39. The lowest BCUT2D eigenvalue weighted by Gasteiger charge is -2.14. The number of amides is 2. The summed E-state index contributed by atoms with van der Waals surface area (Å²) in [6.07, 6.45) is 0. The smallest absolute Gasteiger partial charge is 0.269 e. The summed E-state index contributed by atoms with van der Waals surface area (Å²) in [5.74, 6) is -1.87. The summed E-state index contributed by atoms with van der Waals surface area (Å²) < 4.78 is 37.9. The summed E-state index contributed by atoms with van der Waals surface area (Å²) in [7, 11) is -1.51. The predicted octanol–water partition coefficient (Wildman–Crippen LogP) is 1.08. The number of nitrogens with one attached hydrogen (secondary N) is 2. The molecule has 10 heteroatoms. The van der Waals surface area contributed by atoms with E-state index in [0.717, 1.165) is 18.2 Å². The Labute approximate surface area is 149 Å². The number of nitrogens with zero attached hydrogens (tertiary/aromatic N) is 1. The molecule has 0 fully saturated rings. The minimum atomic E-state index is -3.92. The van der Waals surface area contributed by atoms with Crippen molar-refractivity contribution in [1.82, 2.24) is 15.3 Å². The zero-order valence-corrected chi connectivity index (χ0v) is 14.7.